The number of nitrogens with one attached hydrogen (secondary N) is 1. The minimum absolute atomic E-state index is 0.721. The lowest BCUT2D eigenvalue weighted by Gasteiger charge is -2.22. The van der Waals surface area contributed by atoms with Crippen molar-refractivity contribution in [2.24, 2.45) is 0 Å². The summed E-state index contributed by atoms with van der Waals surface area (Å²) < 4.78 is 0. The van der Waals surface area contributed by atoms with E-state index in [0.29, 0.717) is 0 Å². The fourth-order valence-electron chi connectivity index (χ4n) is 3.35. The van der Waals surface area contributed by atoms with Gasteiger partial charge < -0.3 is 5.32 Å². The topological polar surface area (TPSA) is 28.2 Å². The number of hydrogen-bond donors (Lipinski definition) is 1. The third kappa shape index (κ3) is 6.40. The van der Waals surface area contributed by atoms with Crippen LogP contribution in [0.3, 0.4) is 0 Å². The molecule has 3 rings (SSSR count). The largest absolute Gasteiger partial charge is 0.384 e. The maximum absolute atomic E-state index is 6.08. The van der Waals surface area contributed by atoms with Crippen molar-refractivity contribution in [3.63, 3.8) is 0 Å². The average Bonchev–Trinajstić information content (AvgIpc) is 2.71. The first kappa shape index (κ1) is 21.0. The van der Waals surface area contributed by atoms with Gasteiger partial charge >= 0.3 is 0 Å². The zero-order valence-corrected chi connectivity index (χ0v) is 18.0. The molecule has 0 amide bonds. The molecule has 0 unspecified atom stereocenters. The summed E-state index contributed by atoms with van der Waals surface area (Å²) in [5, 5.41) is 5.42. The van der Waals surface area contributed by atoms with Crippen LogP contribution in [0.15, 0.2) is 60.8 Å². The summed E-state index contributed by atoms with van der Waals surface area (Å²) in [7, 11) is 0. The molecular formula is C23H28ClN3S. The van der Waals surface area contributed by atoms with Crippen LogP contribution in [0.25, 0.3) is 10.9 Å². The second-order valence-corrected chi connectivity index (χ2v) is 8.33. The van der Waals surface area contributed by atoms with Gasteiger partial charge in [0.2, 0.25) is 0 Å². The third-order valence-electron chi connectivity index (χ3n) is 4.74. The number of anilines is 1. The Labute approximate surface area is 177 Å². The molecule has 0 aliphatic carbocycles. The van der Waals surface area contributed by atoms with E-state index in [2.05, 4.69) is 51.8 Å². The highest BCUT2D eigenvalue weighted by Crippen LogP contribution is 2.24. The van der Waals surface area contributed by atoms with Crippen LogP contribution in [0.1, 0.15) is 18.4 Å². The Balaban J connectivity index is 1.53. The number of thioether (sulfide) groups is 1. The predicted molar refractivity (Wildman–Crippen MR) is 125 cm³/mol. The van der Waals surface area contributed by atoms with Crippen LogP contribution in [0.4, 0.5) is 5.69 Å². The van der Waals surface area contributed by atoms with E-state index >= 15 is 0 Å². The number of fused-ring (bicyclic) bond motifs is 1. The average molecular weight is 414 g/mol. The molecule has 1 heterocycles. The van der Waals surface area contributed by atoms with Crippen LogP contribution in [-0.2, 0) is 6.54 Å². The van der Waals surface area contributed by atoms with Gasteiger partial charge in [0, 0.05) is 41.9 Å². The lowest BCUT2D eigenvalue weighted by molar-refractivity contribution is 0.266. The SMILES string of the molecule is CSCCCN(CCCNc1ccnc2cc(Cl)ccc12)Cc1ccccc1. The fourth-order valence-corrected chi connectivity index (χ4v) is 3.93. The van der Waals surface area contributed by atoms with E-state index in [1.54, 1.807) is 0 Å². The molecule has 2 aromatic carbocycles. The molecule has 0 fully saturated rings. The molecule has 5 heteroatoms. The van der Waals surface area contributed by atoms with Crippen LogP contribution < -0.4 is 5.32 Å². The number of nitrogens with zero attached hydrogens (tertiary/aromatic N) is 2. The normalized spacial score (nSPS) is 11.2. The molecular weight excluding hydrogens is 386 g/mol. The first-order valence-corrected chi connectivity index (χ1v) is 11.6. The number of rotatable bonds is 11. The fraction of sp³-hybridized carbons (Fsp3) is 0.348. The van der Waals surface area contributed by atoms with E-state index in [-0.39, 0.29) is 0 Å². The van der Waals surface area contributed by atoms with Gasteiger partial charge in [-0.1, -0.05) is 41.9 Å². The second kappa shape index (κ2) is 11.3. The lowest BCUT2D eigenvalue weighted by Crippen LogP contribution is -2.27. The quantitative estimate of drug-likeness (QED) is 0.393. The Hall–Kier alpha value is -1.75. The molecule has 0 aliphatic rings. The molecule has 0 atom stereocenters. The standard InChI is InChI=1S/C23H28ClN3S/c1-28-16-6-15-27(18-19-7-3-2-4-8-19)14-5-12-25-22-11-13-26-23-17-20(24)9-10-21(22)23/h2-4,7-11,13,17H,5-6,12,14-16,18H2,1H3,(H,25,26). The molecule has 0 spiro atoms. The first-order valence-electron chi connectivity index (χ1n) is 9.79. The van der Waals surface area contributed by atoms with E-state index in [1.165, 1.54) is 17.7 Å². The van der Waals surface area contributed by atoms with Crippen LogP contribution in [0.5, 0.6) is 0 Å². The van der Waals surface area contributed by atoms with Gasteiger partial charge in [-0.3, -0.25) is 9.88 Å². The van der Waals surface area contributed by atoms with Crippen molar-refractivity contribution >= 4 is 40.0 Å². The Bertz CT molecular complexity index is 857. The van der Waals surface area contributed by atoms with Crippen molar-refractivity contribution in [3.05, 3.63) is 71.4 Å². The minimum Gasteiger partial charge on any atom is -0.384 e. The van der Waals surface area contributed by atoms with Gasteiger partial charge in [0.05, 0.1) is 5.52 Å². The monoisotopic (exact) mass is 413 g/mol. The van der Waals surface area contributed by atoms with Gasteiger partial charge in [-0.05, 0) is 61.2 Å². The van der Waals surface area contributed by atoms with Crippen LogP contribution in [0, 0.1) is 0 Å². The third-order valence-corrected chi connectivity index (χ3v) is 5.68. The van der Waals surface area contributed by atoms with Crippen molar-refractivity contribution in [2.75, 3.05) is 37.0 Å². The van der Waals surface area contributed by atoms with E-state index in [9.17, 15) is 0 Å². The van der Waals surface area contributed by atoms with Crippen molar-refractivity contribution in [1.82, 2.24) is 9.88 Å². The molecule has 0 aliphatic heterocycles. The zero-order valence-electron chi connectivity index (χ0n) is 16.4. The van der Waals surface area contributed by atoms with Gasteiger partial charge in [0.1, 0.15) is 0 Å². The molecule has 3 aromatic rings. The summed E-state index contributed by atoms with van der Waals surface area (Å²) in [6.07, 6.45) is 6.35. The first-order chi connectivity index (χ1) is 13.8. The highest BCUT2D eigenvalue weighted by Gasteiger charge is 2.07. The number of hydrogen-bond acceptors (Lipinski definition) is 4. The smallest absolute Gasteiger partial charge is 0.0737 e. The summed E-state index contributed by atoms with van der Waals surface area (Å²) in [6, 6.07) is 18.7. The van der Waals surface area contributed by atoms with E-state index in [4.69, 9.17) is 11.6 Å². The maximum atomic E-state index is 6.08. The van der Waals surface area contributed by atoms with E-state index in [0.717, 1.165) is 54.2 Å². The molecule has 0 saturated heterocycles. The van der Waals surface area contributed by atoms with Gasteiger partial charge in [0.25, 0.3) is 0 Å². The molecule has 1 N–H and O–H groups in total. The summed E-state index contributed by atoms with van der Waals surface area (Å²) in [6.45, 7) is 4.19. The van der Waals surface area contributed by atoms with Gasteiger partial charge in [-0.15, -0.1) is 0 Å². The maximum Gasteiger partial charge on any atom is 0.0737 e. The van der Waals surface area contributed by atoms with Crippen molar-refractivity contribution in [1.29, 1.82) is 0 Å². The number of pyridine rings is 1. The van der Waals surface area contributed by atoms with Gasteiger partial charge in [-0.2, -0.15) is 11.8 Å². The Kier molecular flexibility index (Phi) is 8.46. The molecule has 0 bridgehead atoms. The van der Waals surface area contributed by atoms with Crippen molar-refractivity contribution in [3.8, 4) is 0 Å². The summed E-state index contributed by atoms with van der Waals surface area (Å²) in [4.78, 5) is 6.98. The van der Waals surface area contributed by atoms with Gasteiger partial charge in [0.15, 0.2) is 0 Å². The summed E-state index contributed by atoms with van der Waals surface area (Å²) in [5.74, 6) is 1.22. The molecule has 0 radical (unpaired) electrons. The number of halogens is 1. The molecule has 148 valence electrons. The summed E-state index contributed by atoms with van der Waals surface area (Å²) in [5.41, 5.74) is 3.44. The highest BCUT2D eigenvalue weighted by atomic mass is 35.5. The highest BCUT2D eigenvalue weighted by molar-refractivity contribution is 7.98. The van der Waals surface area contributed by atoms with Crippen LogP contribution >= 0.6 is 23.4 Å². The van der Waals surface area contributed by atoms with E-state index in [1.807, 2.05) is 42.2 Å². The van der Waals surface area contributed by atoms with Crippen LogP contribution in [0.2, 0.25) is 5.02 Å². The molecule has 1 aromatic heterocycles. The lowest BCUT2D eigenvalue weighted by atomic mass is 10.2. The van der Waals surface area contributed by atoms with Crippen molar-refractivity contribution in [2.45, 2.75) is 19.4 Å². The molecule has 0 saturated carbocycles. The van der Waals surface area contributed by atoms with E-state index < -0.39 is 0 Å². The Morgan fingerprint density at radius 1 is 1.04 bits per heavy atom. The number of aromatic nitrogens is 1. The minimum atomic E-state index is 0.721. The molecule has 3 nitrogen and oxygen atoms in total. The Morgan fingerprint density at radius 3 is 2.68 bits per heavy atom. The summed E-state index contributed by atoms with van der Waals surface area (Å²) >= 11 is 8.01. The zero-order chi connectivity index (χ0) is 19.6. The second-order valence-electron chi connectivity index (χ2n) is 6.91. The van der Waals surface area contributed by atoms with Crippen LogP contribution in [-0.4, -0.2) is 41.5 Å². The van der Waals surface area contributed by atoms with Gasteiger partial charge in [-0.25, -0.2) is 0 Å². The number of benzene rings is 2. The van der Waals surface area contributed by atoms with Crippen molar-refractivity contribution < 1.29 is 0 Å². The molecule has 28 heavy (non-hydrogen) atoms. The predicted octanol–water partition coefficient (Wildman–Crippen LogP) is 5.95. The Morgan fingerprint density at radius 2 is 1.86 bits per heavy atom.